The highest BCUT2D eigenvalue weighted by Crippen LogP contribution is 2.09. The van der Waals surface area contributed by atoms with Crippen molar-refractivity contribution in [2.24, 2.45) is 0 Å². The number of aromatic nitrogens is 2. The van der Waals surface area contributed by atoms with Gasteiger partial charge in [-0.25, -0.2) is 18.1 Å². The lowest BCUT2D eigenvalue weighted by Crippen LogP contribution is -2.34. The van der Waals surface area contributed by atoms with Crippen molar-refractivity contribution >= 4 is 21.6 Å². The Hall–Kier alpha value is -0.590. The van der Waals surface area contributed by atoms with E-state index in [-0.39, 0.29) is 11.1 Å². The maximum absolute atomic E-state index is 12.0. The largest absolute Gasteiger partial charge is 0.332 e. The SMILES string of the molecule is CCc1ncc(S(=O)(=O)NC(CC)CCCl)[nH]1. The minimum Gasteiger partial charge on any atom is -0.332 e. The highest BCUT2D eigenvalue weighted by Gasteiger charge is 2.20. The number of nitrogens with one attached hydrogen (secondary N) is 2. The Morgan fingerprint density at radius 1 is 1.53 bits per heavy atom. The Labute approximate surface area is 107 Å². The Balaban J connectivity index is 2.80. The molecule has 1 unspecified atom stereocenters. The van der Waals surface area contributed by atoms with Gasteiger partial charge in [0.2, 0.25) is 0 Å². The molecule has 0 bridgehead atoms. The molecule has 1 rings (SSSR count). The summed E-state index contributed by atoms with van der Waals surface area (Å²) in [7, 11) is -3.51. The van der Waals surface area contributed by atoms with E-state index in [1.54, 1.807) is 0 Å². The first-order valence-corrected chi connectivity index (χ1v) is 7.67. The summed E-state index contributed by atoms with van der Waals surface area (Å²) in [6.07, 6.45) is 3.34. The fourth-order valence-electron chi connectivity index (χ4n) is 1.42. The molecule has 0 fully saturated rings. The van der Waals surface area contributed by atoms with Gasteiger partial charge >= 0.3 is 0 Å². The van der Waals surface area contributed by atoms with Crippen molar-refractivity contribution in [3.63, 3.8) is 0 Å². The predicted octanol–water partition coefficient (Wildman–Crippen LogP) is 1.66. The molecule has 0 spiro atoms. The van der Waals surface area contributed by atoms with Gasteiger partial charge in [0.25, 0.3) is 10.0 Å². The van der Waals surface area contributed by atoms with Gasteiger partial charge in [0.05, 0.1) is 6.20 Å². The summed E-state index contributed by atoms with van der Waals surface area (Å²) in [6.45, 7) is 3.83. The molecule has 7 heteroatoms. The second kappa shape index (κ2) is 6.37. The lowest BCUT2D eigenvalue weighted by molar-refractivity contribution is 0.529. The highest BCUT2D eigenvalue weighted by atomic mass is 35.5. The average molecular weight is 280 g/mol. The molecule has 2 N–H and O–H groups in total. The van der Waals surface area contributed by atoms with Gasteiger partial charge in [-0.1, -0.05) is 13.8 Å². The first kappa shape index (κ1) is 14.5. The summed E-state index contributed by atoms with van der Waals surface area (Å²) in [6, 6.07) is -0.133. The molecule has 1 atom stereocenters. The molecular formula is C10H18ClN3O2S. The second-order valence-corrected chi connectivity index (χ2v) is 5.81. The molecule has 17 heavy (non-hydrogen) atoms. The van der Waals surface area contributed by atoms with E-state index in [9.17, 15) is 8.42 Å². The van der Waals surface area contributed by atoms with Crippen LogP contribution in [0, 0.1) is 0 Å². The van der Waals surface area contributed by atoms with Gasteiger partial charge in [-0.05, 0) is 12.8 Å². The molecule has 0 aliphatic rings. The molecule has 98 valence electrons. The van der Waals surface area contributed by atoms with E-state index in [2.05, 4.69) is 14.7 Å². The molecule has 0 radical (unpaired) electrons. The average Bonchev–Trinajstić information content (AvgIpc) is 2.77. The number of alkyl halides is 1. The van der Waals surface area contributed by atoms with Crippen LogP contribution in [0.2, 0.25) is 0 Å². The number of H-pyrrole nitrogens is 1. The van der Waals surface area contributed by atoms with Gasteiger partial charge in [-0.2, -0.15) is 0 Å². The van der Waals surface area contributed by atoms with Crippen LogP contribution in [-0.2, 0) is 16.4 Å². The Morgan fingerprint density at radius 2 is 2.24 bits per heavy atom. The number of sulfonamides is 1. The topological polar surface area (TPSA) is 74.8 Å². The van der Waals surface area contributed by atoms with Crippen LogP contribution in [0.1, 0.15) is 32.5 Å². The quantitative estimate of drug-likeness (QED) is 0.746. The Kier molecular flexibility index (Phi) is 5.42. The molecule has 5 nitrogen and oxygen atoms in total. The molecular weight excluding hydrogens is 262 g/mol. The van der Waals surface area contributed by atoms with Crippen LogP contribution in [0.4, 0.5) is 0 Å². The van der Waals surface area contributed by atoms with Crippen LogP contribution in [0.3, 0.4) is 0 Å². The third-order valence-corrected chi connectivity index (χ3v) is 4.15. The van der Waals surface area contributed by atoms with Crippen molar-refractivity contribution in [2.75, 3.05) is 5.88 Å². The van der Waals surface area contributed by atoms with Crippen LogP contribution in [0.5, 0.6) is 0 Å². The number of hydrogen-bond acceptors (Lipinski definition) is 3. The van der Waals surface area contributed by atoms with Crippen molar-refractivity contribution in [1.29, 1.82) is 0 Å². The molecule has 0 amide bonds. The number of hydrogen-bond donors (Lipinski definition) is 2. The van der Waals surface area contributed by atoms with Crippen LogP contribution in [-0.4, -0.2) is 30.3 Å². The first-order valence-electron chi connectivity index (χ1n) is 5.65. The number of rotatable bonds is 7. The molecule has 0 saturated heterocycles. The van der Waals surface area contributed by atoms with Crippen LogP contribution >= 0.6 is 11.6 Å². The van der Waals surface area contributed by atoms with Crippen molar-refractivity contribution in [3.8, 4) is 0 Å². The predicted molar refractivity (Wildman–Crippen MR) is 67.7 cm³/mol. The summed E-state index contributed by atoms with van der Waals surface area (Å²) in [5, 5.41) is 0.113. The molecule has 1 aromatic rings. The number of imidazole rings is 1. The smallest absolute Gasteiger partial charge is 0.257 e. The highest BCUT2D eigenvalue weighted by molar-refractivity contribution is 7.89. The lowest BCUT2D eigenvalue weighted by atomic mass is 10.2. The third-order valence-electron chi connectivity index (χ3n) is 2.50. The van der Waals surface area contributed by atoms with E-state index in [0.717, 1.165) is 0 Å². The maximum Gasteiger partial charge on any atom is 0.257 e. The van der Waals surface area contributed by atoms with Crippen molar-refractivity contribution in [1.82, 2.24) is 14.7 Å². The summed E-state index contributed by atoms with van der Waals surface area (Å²) < 4.78 is 26.6. The summed E-state index contributed by atoms with van der Waals surface area (Å²) in [4.78, 5) is 6.76. The van der Waals surface area contributed by atoms with Gasteiger partial charge < -0.3 is 4.98 Å². The van der Waals surface area contributed by atoms with Crippen LogP contribution in [0.25, 0.3) is 0 Å². The maximum atomic E-state index is 12.0. The van der Waals surface area contributed by atoms with E-state index in [1.165, 1.54) is 6.20 Å². The summed E-state index contributed by atoms with van der Waals surface area (Å²) >= 11 is 5.62. The van der Waals surface area contributed by atoms with Gasteiger partial charge in [-0.15, -0.1) is 11.6 Å². The third kappa shape index (κ3) is 3.97. The zero-order valence-electron chi connectivity index (χ0n) is 10.0. The van der Waals surface area contributed by atoms with E-state index in [0.29, 0.717) is 31.0 Å². The van der Waals surface area contributed by atoms with Gasteiger partial charge in [0, 0.05) is 18.3 Å². The number of nitrogens with zero attached hydrogens (tertiary/aromatic N) is 1. The zero-order valence-corrected chi connectivity index (χ0v) is 11.6. The summed E-state index contributed by atoms with van der Waals surface area (Å²) in [5.74, 6) is 1.10. The molecule has 1 heterocycles. The minimum absolute atomic E-state index is 0.113. The monoisotopic (exact) mass is 279 g/mol. The normalized spacial score (nSPS) is 13.8. The Morgan fingerprint density at radius 3 is 2.71 bits per heavy atom. The molecule has 0 saturated carbocycles. The lowest BCUT2D eigenvalue weighted by Gasteiger charge is -2.14. The molecule has 0 aliphatic heterocycles. The van der Waals surface area contributed by atoms with Crippen LogP contribution in [0.15, 0.2) is 11.2 Å². The van der Waals surface area contributed by atoms with Gasteiger partial charge in [-0.3, -0.25) is 0 Å². The van der Waals surface area contributed by atoms with E-state index < -0.39 is 10.0 Å². The fourth-order valence-corrected chi connectivity index (χ4v) is 2.98. The van der Waals surface area contributed by atoms with E-state index >= 15 is 0 Å². The van der Waals surface area contributed by atoms with E-state index in [4.69, 9.17) is 11.6 Å². The molecule has 0 aliphatic carbocycles. The molecule has 1 aromatic heterocycles. The van der Waals surface area contributed by atoms with Crippen molar-refractivity contribution in [2.45, 2.75) is 44.2 Å². The zero-order chi connectivity index (χ0) is 12.9. The van der Waals surface area contributed by atoms with Crippen LogP contribution < -0.4 is 4.72 Å². The second-order valence-electron chi connectivity index (χ2n) is 3.75. The summed E-state index contributed by atoms with van der Waals surface area (Å²) in [5.41, 5.74) is 0. The minimum atomic E-state index is -3.51. The molecule has 0 aromatic carbocycles. The van der Waals surface area contributed by atoms with Gasteiger partial charge in [0.1, 0.15) is 5.82 Å². The number of halogens is 1. The Bertz CT molecular complexity index is 444. The van der Waals surface area contributed by atoms with Crippen molar-refractivity contribution in [3.05, 3.63) is 12.0 Å². The van der Waals surface area contributed by atoms with Crippen molar-refractivity contribution < 1.29 is 8.42 Å². The number of aryl methyl sites for hydroxylation is 1. The first-order chi connectivity index (χ1) is 8.03. The number of aromatic amines is 1. The standard InChI is InChI=1S/C10H18ClN3O2S/c1-3-8(5-6-11)14-17(15,16)10-7-12-9(4-2)13-10/h7-8,14H,3-6H2,1-2H3,(H,12,13). The van der Waals surface area contributed by atoms with E-state index in [1.807, 2.05) is 13.8 Å². The fraction of sp³-hybridized carbons (Fsp3) is 0.700. The van der Waals surface area contributed by atoms with Gasteiger partial charge in [0.15, 0.2) is 5.03 Å².